The van der Waals surface area contributed by atoms with Crippen molar-refractivity contribution in [2.24, 2.45) is 11.7 Å². The van der Waals surface area contributed by atoms with Gasteiger partial charge in [-0.25, -0.2) is 0 Å². The fourth-order valence-corrected chi connectivity index (χ4v) is 1.27. The van der Waals surface area contributed by atoms with Gasteiger partial charge in [-0.2, -0.15) is 0 Å². The Hall–Kier alpha value is -0.0800. The largest absolute Gasteiger partial charge is 0.330 e. The molecule has 1 fully saturated rings. The van der Waals surface area contributed by atoms with Crippen LogP contribution in [-0.4, -0.2) is 30.1 Å². The summed E-state index contributed by atoms with van der Waals surface area (Å²) in [6.45, 7) is 9.99. The van der Waals surface area contributed by atoms with Crippen molar-refractivity contribution in [1.82, 2.24) is 4.90 Å². The highest BCUT2D eigenvalue weighted by molar-refractivity contribution is 4.88. The Bertz CT molecular complexity index is 109. The maximum Gasteiger partial charge on any atom is 0.0125 e. The van der Waals surface area contributed by atoms with E-state index in [1.807, 2.05) is 0 Å². The van der Waals surface area contributed by atoms with E-state index >= 15 is 0 Å². The molecule has 0 saturated carbocycles. The summed E-state index contributed by atoms with van der Waals surface area (Å²) in [5.74, 6) is 0.763. The molecule has 0 aliphatic carbocycles. The van der Waals surface area contributed by atoms with Crippen molar-refractivity contribution >= 4 is 0 Å². The van der Waals surface area contributed by atoms with E-state index in [2.05, 4.69) is 25.7 Å². The van der Waals surface area contributed by atoms with E-state index in [0.717, 1.165) is 12.5 Å². The molecule has 0 aromatic heterocycles. The van der Waals surface area contributed by atoms with Gasteiger partial charge in [0.1, 0.15) is 0 Å². The van der Waals surface area contributed by atoms with Crippen LogP contribution in [0.1, 0.15) is 20.8 Å². The minimum atomic E-state index is 0.353. The van der Waals surface area contributed by atoms with Crippen molar-refractivity contribution in [2.75, 3.05) is 19.6 Å². The molecule has 1 rings (SSSR count). The number of rotatable bonds is 1. The molecule has 1 saturated heterocycles. The van der Waals surface area contributed by atoms with Gasteiger partial charge in [0.05, 0.1) is 0 Å². The van der Waals surface area contributed by atoms with Crippen LogP contribution in [0.2, 0.25) is 0 Å². The summed E-state index contributed by atoms with van der Waals surface area (Å²) in [5.41, 5.74) is 5.87. The van der Waals surface area contributed by atoms with Crippen molar-refractivity contribution in [3.05, 3.63) is 0 Å². The second-order valence-corrected chi connectivity index (χ2v) is 4.18. The minimum absolute atomic E-state index is 0.353. The lowest BCUT2D eigenvalue weighted by molar-refractivity contribution is 0.0182. The van der Waals surface area contributed by atoms with Crippen LogP contribution in [-0.2, 0) is 0 Å². The molecular formula is C8H18N2. The summed E-state index contributed by atoms with van der Waals surface area (Å²) < 4.78 is 0. The quantitative estimate of drug-likeness (QED) is 0.583. The van der Waals surface area contributed by atoms with Crippen LogP contribution in [0.3, 0.4) is 0 Å². The van der Waals surface area contributed by atoms with Crippen LogP contribution < -0.4 is 5.73 Å². The molecule has 1 aliphatic rings. The van der Waals surface area contributed by atoms with Gasteiger partial charge in [-0.15, -0.1) is 0 Å². The maximum absolute atomic E-state index is 5.51. The first kappa shape index (κ1) is 8.02. The van der Waals surface area contributed by atoms with E-state index in [0.29, 0.717) is 5.54 Å². The zero-order valence-corrected chi connectivity index (χ0v) is 7.22. The van der Waals surface area contributed by atoms with Gasteiger partial charge in [-0.05, 0) is 33.2 Å². The second kappa shape index (κ2) is 2.51. The van der Waals surface area contributed by atoms with Gasteiger partial charge >= 0.3 is 0 Å². The maximum atomic E-state index is 5.51. The van der Waals surface area contributed by atoms with Gasteiger partial charge in [0.25, 0.3) is 0 Å². The Morgan fingerprint density at radius 2 is 1.90 bits per heavy atom. The van der Waals surface area contributed by atoms with Crippen molar-refractivity contribution in [2.45, 2.75) is 26.3 Å². The van der Waals surface area contributed by atoms with Gasteiger partial charge in [0, 0.05) is 18.6 Å². The number of nitrogens with zero attached hydrogens (tertiary/aromatic N) is 1. The van der Waals surface area contributed by atoms with E-state index in [9.17, 15) is 0 Å². The number of hydrogen-bond donors (Lipinski definition) is 1. The fraction of sp³-hybridized carbons (Fsp3) is 1.00. The highest BCUT2D eigenvalue weighted by Gasteiger charge is 2.32. The standard InChI is InChI=1S/C8H18N2/c1-8(2,3)10-5-7(4-9)6-10/h7H,4-6,9H2,1-3H3. The minimum Gasteiger partial charge on any atom is -0.330 e. The summed E-state index contributed by atoms with van der Waals surface area (Å²) in [6.07, 6.45) is 0. The average Bonchev–Trinajstić information content (AvgIpc) is 1.57. The first-order valence-electron chi connectivity index (χ1n) is 3.99. The predicted molar refractivity (Wildman–Crippen MR) is 43.9 cm³/mol. The summed E-state index contributed by atoms with van der Waals surface area (Å²) in [4.78, 5) is 2.46. The molecule has 0 atom stereocenters. The van der Waals surface area contributed by atoms with Crippen molar-refractivity contribution in [3.63, 3.8) is 0 Å². The molecule has 0 spiro atoms. The van der Waals surface area contributed by atoms with E-state index in [1.165, 1.54) is 13.1 Å². The molecule has 1 aliphatic heterocycles. The molecular weight excluding hydrogens is 124 g/mol. The molecule has 2 N–H and O–H groups in total. The fourth-order valence-electron chi connectivity index (χ4n) is 1.27. The highest BCUT2D eigenvalue weighted by atomic mass is 15.2. The van der Waals surface area contributed by atoms with Gasteiger partial charge in [0.15, 0.2) is 0 Å². The third-order valence-electron chi connectivity index (χ3n) is 2.24. The molecule has 0 unspecified atom stereocenters. The molecule has 2 heteroatoms. The van der Waals surface area contributed by atoms with E-state index in [4.69, 9.17) is 5.73 Å². The van der Waals surface area contributed by atoms with E-state index in [-0.39, 0.29) is 0 Å². The first-order valence-corrected chi connectivity index (χ1v) is 3.99. The summed E-state index contributed by atoms with van der Waals surface area (Å²) >= 11 is 0. The summed E-state index contributed by atoms with van der Waals surface area (Å²) in [5, 5.41) is 0. The predicted octanol–water partition coefficient (Wildman–Crippen LogP) is 0.675. The normalized spacial score (nSPS) is 22.8. The zero-order valence-electron chi connectivity index (χ0n) is 7.22. The molecule has 0 aromatic carbocycles. The Labute approximate surface area is 63.4 Å². The lowest BCUT2D eigenvalue weighted by Gasteiger charge is -2.47. The Morgan fingerprint density at radius 1 is 1.40 bits per heavy atom. The lowest BCUT2D eigenvalue weighted by atomic mass is 9.93. The monoisotopic (exact) mass is 142 g/mol. The van der Waals surface area contributed by atoms with Crippen LogP contribution in [0.5, 0.6) is 0 Å². The van der Waals surface area contributed by atoms with Crippen LogP contribution in [0.15, 0.2) is 0 Å². The topological polar surface area (TPSA) is 29.3 Å². The first-order chi connectivity index (χ1) is 4.54. The third kappa shape index (κ3) is 1.50. The second-order valence-electron chi connectivity index (χ2n) is 4.18. The third-order valence-corrected chi connectivity index (χ3v) is 2.24. The van der Waals surface area contributed by atoms with Crippen LogP contribution in [0.25, 0.3) is 0 Å². The Balaban J connectivity index is 2.26. The van der Waals surface area contributed by atoms with Crippen LogP contribution in [0.4, 0.5) is 0 Å². The average molecular weight is 142 g/mol. The van der Waals surface area contributed by atoms with Gasteiger partial charge in [-0.3, -0.25) is 4.90 Å². The molecule has 0 radical (unpaired) electrons. The van der Waals surface area contributed by atoms with Crippen LogP contribution >= 0.6 is 0 Å². The highest BCUT2D eigenvalue weighted by Crippen LogP contribution is 2.23. The van der Waals surface area contributed by atoms with Gasteiger partial charge in [-0.1, -0.05) is 0 Å². The van der Waals surface area contributed by atoms with Crippen molar-refractivity contribution < 1.29 is 0 Å². The molecule has 0 amide bonds. The Morgan fingerprint density at radius 3 is 2.20 bits per heavy atom. The Kier molecular flexibility index (Phi) is 2.02. The van der Waals surface area contributed by atoms with Crippen molar-refractivity contribution in [3.8, 4) is 0 Å². The molecule has 60 valence electrons. The SMILES string of the molecule is CC(C)(C)N1CC(CN)C1. The van der Waals surface area contributed by atoms with Crippen LogP contribution in [0, 0.1) is 5.92 Å². The zero-order chi connectivity index (χ0) is 7.78. The van der Waals surface area contributed by atoms with Crippen molar-refractivity contribution in [1.29, 1.82) is 0 Å². The van der Waals surface area contributed by atoms with E-state index in [1.54, 1.807) is 0 Å². The molecule has 0 bridgehead atoms. The van der Waals surface area contributed by atoms with E-state index < -0.39 is 0 Å². The summed E-state index contributed by atoms with van der Waals surface area (Å²) in [7, 11) is 0. The van der Waals surface area contributed by atoms with Gasteiger partial charge < -0.3 is 5.73 Å². The molecule has 0 aromatic rings. The molecule has 10 heavy (non-hydrogen) atoms. The smallest absolute Gasteiger partial charge is 0.0125 e. The number of nitrogens with two attached hydrogens (primary N) is 1. The molecule has 1 heterocycles. The lowest BCUT2D eigenvalue weighted by Crippen LogP contribution is -2.57. The number of likely N-dealkylation sites (tertiary alicyclic amines) is 1. The molecule has 2 nitrogen and oxygen atoms in total. The number of hydrogen-bond acceptors (Lipinski definition) is 2. The van der Waals surface area contributed by atoms with Gasteiger partial charge in [0.2, 0.25) is 0 Å². The summed E-state index contributed by atoms with van der Waals surface area (Å²) in [6, 6.07) is 0.